The monoisotopic (exact) mass is 291 g/mol. The number of methoxy groups -OCH3 is 1. The molecule has 0 heterocycles. The predicted molar refractivity (Wildman–Crippen MR) is 86.6 cm³/mol. The summed E-state index contributed by atoms with van der Waals surface area (Å²) in [6.07, 6.45) is 4.00. The molecule has 0 amide bonds. The van der Waals surface area contributed by atoms with Gasteiger partial charge in [-0.25, -0.2) is 0 Å². The Balaban J connectivity index is 1.83. The summed E-state index contributed by atoms with van der Waals surface area (Å²) in [4.78, 5) is 0. The van der Waals surface area contributed by atoms with E-state index in [1.165, 1.54) is 5.56 Å². The number of nitrogens with one attached hydrogen (secondary N) is 1. The third-order valence-corrected chi connectivity index (χ3v) is 4.78. The van der Waals surface area contributed by atoms with Crippen LogP contribution in [-0.4, -0.2) is 24.4 Å². The second kappa shape index (κ2) is 6.37. The third-order valence-electron chi connectivity index (χ3n) is 4.78. The molecule has 0 unspecified atom stereocenters. The SMILES string of the molecule is COc1ccc(CNCC2(O)CCC(C)(C)CC2)cc1C. The van der Waals surface area contributed by atoms with Gasteiger partial charge in [0.15, 0.2) is 0 Å². The van der Waals surface area contributed by atoms with Gasteiger partial charge in [0, 0.05) is 13.1 Å². The fourth-order valence-corrected chi connectivity index (χ4v) is 3.06. The molecule has 0 spiro atoms. The molecule has 2 N–H and O–H groups in total. The predicted octanol–water partition coefficient (Wildman–Crippen LogP) is 3.42. The maximum Gasteiger partial charge on any atom is 0.121 e. The Morgan fingerprint density at radius 2 is 1.86 bits per heavy atom. The average molecular weight is 291 g/mol. The molecule has 1 saturated carbocycles. The lowest BCUT2D eigenvalue weighted by molar-refractivity contribution is -0.0245. The van der Waals surface area contributed by atoms with Crippen LogP contribution in [0.1, 0.15) is 50.7 Å². The van der Waals surface area contributed by atoms with E-state index < -0.39 is 5.60 Å². The van der Waals surface area contributed by atoms with E-state index in [0.29, 0.717) is 12.0 Å². The highest BCUT2D eigenvalue weighted by molar-refractivity contribution is 5.36. The van der Waals surface area contributed by atoms with Crippen LogP contribution >= 0.6 is 0 Å². The highest BCUT2D eigenvalue weighted by atomic mass is 16.5. The van der Waals surface area contributed by atoms with E-state index in [1.54, 1.807) is 7.11 Å². The maximum atomic E-state index is 10.6. The summed E-state index contributed by atoms with van der Waals surface area (Å²) in [7, 11) is 1.69. The van der Waals surface area contributed by atoms with Crippen molar-refractivity contribution in [3.63, 3.8) is 0 Å². The Morgan fingerprint density at radius 3 is 2.43 bits per heavy atom. The van der Waals surface area contributed by atoms with Crippen molar-refractivity contribution in [3.05, 3.63) is 29.3 Å². The van der Waals surface area contributed by atoms with E-state index in [0.717, 1.165) is 43.5 Å². The molecule has 0 radical (unpaired) electrons. The first-order valence-corrected chi connectivity index (χ1v) is 7.90. The van der Waals surface area contributed by atoms with Crippen molar-refractivity contribution in [2.75, 3.05) is 13.7 Å². The summed E-state index contributed by atoms with van der Waals surface area (Å²) >= 11 is 0. The van der Waals surface area contributed by atoms with Gasteiger partial charge in [-0.3, -0.25) is 0 Å². The van der Waals surface area contributed by atoms with Crippen molar-refractivity contribution < 1.29 is 9.84 Å². The van der Waals surface area contributed by atoms with Crippen LogP contribution in [0.4, 0.5) is 0 Å². The minimum atomic E-state index is -0.531. The molecular formula is C18H29NO2. The Kier molecular flexibility index (Phi) is 4.95. The minimum absolute atomic E-state index is 0.388. The molecule has 3 nitrogen and oxygen atoms in total. The normalized spacial score (nSPS) is 20.2. The summed E-state index contributed by atoms with van der Waals surface area (Å²) in [5.74, 6) is 0.923. The number of aryl methyl sites for hydroxylation is 1. The molecule has 1 aliphatic rings. The van der Waals surface area contributed by atoms with Crippen molar-refractivity contribution in [1.29, 1.82) is 0 Å². The maximum absolute atomic E-state index is 10.6. The quantitative estimate of drug-likeness (QED) is 0.873. The number of ether oxygens (including phenoxy) is 1. The second-order valence-corrected chi connectivity index (χ2v) is 7.30. The minimum Gasteiger partial charge on any atom is -0.496 e. The van der Waals surface area contributed by atoms with Gasteiger partial charge in [0.1, 0.15) is 5.75 Å². The first kappa shape index (κ1) is 16.3. The molecular weight excluding hydrogens is 262 g/mol. The lowest BCUT2D eigenvalue weighted by atomic mass is 9.71. The van der Waals surface area contributed by atoms with Gasteiger partial charge in [-0.15, -0.1) is 0 Å². The van der Waals surface area contributed by atoms with Gasteiger partial charge in [0.2, 0.25) is 0 Å². The molecule has 1 aromatic rings. The van der Waals surface area contributed by atoms with Crippen molar-refractivity contribution in [2.24, 2.45) is 5.41 Å². The Hall–Kier alpha value is -1.06. The zero-order chi connectivity index (χ0) is 15.5. The van der Waals surface area contributed by atoms with E-state index >= 15 is 0 Å². The largest absolute Gasteiger partial charge is 0.496 e. The fourth-order valence-electron chi connectivity index (χ4n) is 3.06. The van der Waals surface area contributed by atoms with Crippen LogP contribution in [0.2, 0.25) is 0 Å². The molecule has 21 heavy (non-hydrogen) atoms. The van der Waals surface area contributed by atoms with E-state index in [4.69, 9.17) is 4.74 Å². The van der Waals surface area contributed by atoms with Crippen LogP contribution < -0.4 is 10.1 Å². The Labute approximate surface area is 128 Å². The highest BCUT2D eigenvalue weighted by Gasteiger charge is 2.36. The van der Waals surface area contributed by atoms with Gasteiger partial charge in [0.25, 0.3) is 0 Å². The first-order valence-electron chi connectivity index (χ1n) is 7.90. The molecule has 0 aliphatic heterocycles. The van der Waals surface area contributed by atoms with E-state index in [2.05, 4.69) is 38.2 Å². The zero-order valence-corrected chi connectivity index (χ0v) is 13.8. The summed E-state index contributed by atoms with van der Waals surface area (Å²) in [6, 6.07) is 6.22. The number of hydrogen-bond donors (Lipinski definition) is 2. The molecule has 0 atom stereocenters. The van der Waals surface area contributed by atoms with Gasteiger partial charge in [-0.2, -0.15) is 0 Å². The third kappa shape index (κ3) is 4.45. The summed E-state index contributed by atoms with van der Waals surface area (Å²) < 4.78 is 5.27. The molecule has 1 fully saturated rings. The smallest absolute Gasteiger partial charge is 0.121 e. The van der Waals surface area contributed by atoms with E-state index in [9.17, 15) is 5.11 Å². The summed E-state index contributed by atoms with van der Waals surface area (Å²) in [5.41, 5.74) is 2.24. The van der Waals surface area contributed by atoms with Crippen LogP contribution in [0.15, 0.2) is 18.2 Å². The topological polar surface area (TPSA) is 41.5 Å². The highest BCUT2D eigenvalue weighted by Crippen LogP contribution is 2.39. The number of rotatable bonds is 5. The fraction of sp³-hybridized carbons (Fsp3) is 0.667. The van der Waals surface area contributed by atoms with Gasteiger partial charge >= 0.3 is 0 Å². The molecule has 0 saturated heterocycles. The van der Waals surface area contributed by atoms with Crippen LogP contribution in [0.3, 0.4) is 0 Å². The van der Waals surface area contributed by atoms with Crippen LogP contribution in [0.5, 0.6) is 5.75 Å². The van der Waals surface area contributed by atoms with Crippen molar-refractivity contribution in [3.8, 4) is 5.75 Å². The number of benzene rings is 1. The summed E-state index contributed by atoms with van der Waals surface area (Å²) in [5, 5.41) is 14.0. The molecule has 118 valence electrons. The molecule has 1 aliphatic carbocycles. The molecule has 0 aromatic heterocycles. The lowest BCUT2D eigenvalue weighted by Crippen LogP contribution is -2.44. The average Bonchev–Trinajstić information content (AvgIpc) is 2.43. The molecule has 0 bridgehead atoms. The molecule has 1 aromatic carbocycles. The Bertz CT molecular complexity index is 472. The van der Waals surface area contributed by atoms with Gasteiger partial charge < -0.3 is 15.2 Å². The standard InChI is InChI=1S/C18H29NO2/c1-14-11-15(5-6-16(14)21-4)12-19-13-18(20)9-7-17(2,3)8-10-18/h5-6,11,19-20H,7-10,12-13H2,1-4H3. The van der Waals surface area contributed by atoms with Crippen LogP contribution in [0.25, 0.3) is 0 Å². The van der Waals surface area contributed by atoms with Gasteiger partial charge in [-0.05, 0) is 55.2 Å². The number of aliphatic hydroxyl groups is 1. The zero-order valence-electron chi connectivity index (χ0n) is 13.8. The second-order valence-electron chi connectivity index (χ2n) is 7.30. The van der Waals surface area contributed by atoms with E-state index in [-0.39, 0.29) is 0 Å². The van der Waals surface area contributed by atoms with Gasteiger partial charge in [0.05, 0.1) is 12.7 Å². The molecule has 2 rings (SSSR count). The van der Waals surface area contributed by atoms with Crippen molar-refractivity contribution in [1.82, 2.24) is 5.32 Å². The molecule has 3 heteroatoms. The Morgan fingerprint density at radius 1 is 1.19 bits per heavy atom. The number of hydrogen-bond acceptors (Lipinski definition) is 3. The van der Waals surface area contributed by atoms with Gasteiger partial charge in [-0.1, -0.05) is 26.0 Å². The van der Waals surface area contributed by atoms with Crippen LogP contribution in [0, 0.1) is 12.3 Å². The van der Waals surface area contributed by atoms with Crippen molar-refractivity contribution in [2.45, 2.75) is 58.6 Å². The first-order chi connectivity index (χ1) is 9.84. The van der Waals surface area contributed by atoms with Crippen molar-refractivity contribution >= 4 is 0 Å². The van der Waals surface area contributed by atoms with Crippen LogP contribution in [-0.2, 0) is 6.54 Å². The van der Waals surface area contributed by atoms with E-state index in [1.807, 2.05) is 6.07 Å². The summed E-state index contributed by atoms with van der Waals surface area (Å²) in [6.45, 7) is 8.10. The lowest BCUT2D eigenvalue weighted by Gasteiger charge is -2.40.